The third-order valence-corrected chi connectivity index (χ3v) is 7.77. The van der Waals surface area contributed by atoms with Gasteiger partial charge in [-0.25, -0.2) is 0 Å². The number of benzene rings is 2. The number of carboxylic acid groups (broad SMARTS) is 1. The second-order valence-corrected chi connectivity index (χ2v) is 10.6. The molecule has 2 aromatic carbocycles. The highest BCUT2D eigenvalue weighted by atomic mass is 16.5. The fourth-order valence-corrected chi connectivity index (χ4v) is 5.20. The molecule has 2 aliphatic rings. The summed E-state index contributed by atoms with van der Waals surface area (Å²) in [5.41, 5.74) is 3.12. The lowest BCUT2D eigenvalue weighted by atomic mass is 9.70. The number of fused-ring (bicyclic) bond motifs is 3. The standard InChI is InChI=1S/C28H36O4/c1-6-27(2,3)19-13-15-24-20(16-19)25-22(28(4,5)32-24)17-21(26(29)30)23(31-25)14-12-18-10-8-7-9-11-18/h7-11,13,15-16,21-23,25H,6,12,14,17H2,1-5H3,(H,29,30)/t21-,22+,23+,25-/m1/s1. The summed E-state index contributed by atoms with van der Waals surface area (Å²) in [5, 5.41) is 10.0. The van der Waals surface area contributed by atoms with Crippen molar-refractivity contribution in [3.8, 4) is 5.75 Å². The Kier molecular flexibility index (Phi) is 6.10. The maximum atomic E-state index is 12.2. The van der Waals surface area contributed by atoms with Gasteiger partial charge in [0.25, 0.3) is 0 Å². The molecule has 4 atom stereocenters. The Labute approximate surface area is 191 Å². The Bertz CT molecular complexity index is 963. The molecule has 1 saturated heterocycles. The largest absolute Gasteiger partial charge is 0.487 e. The van der Waals surface area contributed by atoms with Gasteiger partial charge in [0.15, 0.2) is 0 Å². The van der Waals surface area contributed by atoms with Gasteiger partial charge in [-0.05, 0) is 68.2 Å². The van der Waals surface area contributed by atoms with Gasteiger partial charge in [-0.1, -0.05) is 57.2 Å². The van der Waals surface area contributed by atoms with E-state index in [0.29, 0.717) is 12.8 Å². The van der Waals surface area contributed by atoms with Crippen molar-refractivity contribution in [2.45, 2.75) is 83.5 Å². The highest BCUT2D eigenvalue weighted by molar-refractivity contribution is 5.71. The van der Waals surface area contributed by atoms with E-state index < -0.39 is 17.5 Å². The minimum atomic E-state index is -0.774. The van der Waals surface area contributed by atoms with E-state index in [4.69, 9.17) is 9.47 Å². The molecule has 0 unspecified atom stereocenters. The lowest BCUT2D eigenvalue weighted by Crippen LogP contribution is -2.52. The topological polar surface area (TPSA) is 55.8 Å². The van der Waals surface area contributed by atoms with Gasteiger partial charge < -0.3 is 14.6 Å². The molecule has 4 rings (SSSR count). The first kappa shape index (κ1) is 22.8. The predicted molar refractivity (Wildman–Crippen MR) is 126 cm³/mol. The Balaban J connectivity index is 1.67. The molecule has 0 amide bonds. The first-order valence-electron chi connectivity index (χ1n) is 11.9. The van der Waals surface area contributed by atoms with Gasteiger partial charge in [0.2, 0.25) is 0 Å². The maximum absolute atomic E-state index is 12.2. The molecule has 4 nitrogen and oxygen atoms in total. The lowest BCUT2D eigenvalue weighted by molar-refractivity contribution is -0.188. The summed E-state index contributed by atoms with van der Waals surface area (Å²) >= 11 is 0. The van der Waals surface area contributed by atoms with Crippen LogP contribution in [-0.2, 0) is 21.4 Å². The Morgan fingerprint density at radius 3 is 2.53 bits per heavy atom. The second kappa shape index (κ2) is 8.55. The molecule has 4 heteroatoms. The van der Waals surface area contributed by atoms with E-state index in [1.807, 2.05) is 18.2 Å². The molecule has 1 N–H and O–H groups in total. The quantitative estimate of drug-likeness (QED) is 0.575. The Morgan fingerprint density at radius 1 is 1.16 bits per heavy atom. The van der Waals surface area contributed by atoms with E-state index in [9.17, 15) is 9.90 Å². The molecule has 0 bridgehead atoms. The number of rotatable bonds is 6. The van der Waals surface area contributed by atoms with Crippen LogP contribution in [0.1, 0.15) is 76.7 Å². The highest BCUT2D eigenvalue weighted by Crippen LogP contribution is 2.53. The van der Waals surface area contributed by atoms with Crippen LogP contribution in [0.25, 0.3) is 0 Å². The van der Waals surface area contributed by atoms with E-state index >= 15 is 0 Å². The molecular weight excluding hydrogens is 400 g/mol. The van der Waals surface area contributed by atoms with Crippen LogP contribution in [0.5, 0.6) is 5.75 Å². The summed E-state index contributed by atoms with van der Waals surface area (Å²) in [7, 11) is 0. The lowest BCUT2D eigenvalue weighted by Gasteiger charge is -2.50. The number of aliphatic carboxylic acids is 1. The van der Waals surface area contributed by atoms with Gasteiger partial charge in [0.05, 0.1) is 18.1 Å². The fraction of sp³-hybridized carbons (Fsp3) is 0.536. The monoisotopic (exact) mass is 436 g/mol. The van der Waals surface area contributed by atoms with Crippen LogP contribution in [0.4, 0.5) is 0 Å². The van der Waals surface area contributed by atoms with Gasteiger partial charge >= 0.3 is 5.97 Å². The van der Waals surface area contributed by atoms with Crippen LogP contribution in [-0.4, -0.2) is 22.8 Å². The molecule has 2 heterocycles. The SMILES string of the molecule is CCC(C)(C)c1ccc2c(c1)[C@H]1O[C@@H](CCc3ccccc3)[C@H](C(=O)O)C[C@@H]1C(C)(C)O2. The van der Waals surface area contributed by atoms with Gasteiger partial charge in [0, 0.05) is 11.5 Å². The summed E-state index contributed by atoms with van der Waals surface area (Å²) in [6.45, 7) is 10.8. The summed E-state index contributed by atoms with van der Waals surface area (Å²) in [6.07, 6.45) is 2.63. The van der Waals surface area contributed by atoms with Crippen LogP contribution in [0.15, 0.2) is 48.5 Å². The number of ether oxygens (including phenoxy) is 2. The normalized spacial score (nSPS) is 26.5. The van der Waals surface area contributed by atoms with Crippen molar-refractivity contribution < 1.29 is 19.4 Å². The van der Waals surface area contributed by atoms with Crippen LogP contribution < -0.4 is 4.74 Å². The molecule has 32 heavy (non-hydrogen) atoms. The van der Waals surface area contributed by atoms with Crippen molar-refractivity contribution in [3.63, 3.8) is 0 Å². The van der Waals surface area contributed by atoms with E-state index in [0.717, 1.165) is 24.2 Å². The molecule has 2 aliphatic heterocycles. The summed E-state index contributed by atoms with van der Waals surface area (Å²) in [5.74, 6) is -0.449. The molecule has 2 aromatic rings. The summed E-state index contributed by atoms with van der Waals surface area (Å²) < 4.78 is 13.1. The maximum Gasteiger partial charge on any atom is 0.309 e. The first-order valence-corrected chi connectivity index (χ1v) is 11.9. The number of hydrogen-bond acceptors (Lipinski definition) is 3. The second-order valence-electron chi connectivity index (χ2n) is 10.6. The van der Waals surface area contributed by atoms with E-state index in [1.165, 1.54) is 11.1 Å². The van der Waals surface area contributed by atoms with Crippen molar-refractivity contribution >= 4 is 5.97 Å². The van der Waals surface area contributed by atoms with Crippen molar-refractivity contribution in [2.24, 2.45) is 11.8 Å². The fourth-order valence-electron chi connectivity index (χ4n) is 5.20. The first-order chi connectivity index (χ1) is 15.1. The highest BCUT2D eigenvalue weighted by Gasteiger charge is 2.52. The van der Waals surface area contributed by atoms with E-state index in [1.54, 1.807) is 0 Å². The Morgan fingerprint density at radius 2 is 1.88 bits per heavy atom. The van der Waals surface area contributed by atoms with Gasteiger partial charge in [-0.15, -0.1) is 0 Å². The molecule has 0 spiro atoms. The smallest absolute Gasteiger partial charge is 0.309 e. The number of carboxylic acids is 1. The predicted octanol–water partition coefficient (Wildman–Crippen LogP) is 6.33. The average molecular weight is 437 g/mol. The van der Waals surface area contributed by atoms with Crippen molar-refractivity contribution in [3.05, 3.63) is 65.2 Å². The van der Waals surface area contributed by atoms with Gasteiger partial charge in [-0.3, -0.25) is 4.79 Å². The average Bonchev–Trinajstić information content (AvgIpc) is 2.77. The third kappa shape index (κ3) is 4.30. The zero-order valence-corrected chi connectivity index (χ0v) is 19.9. The number of aryl methyl sites for hydroxylation is 1. The van der Waals surface area contributed by atoms with Crippen molar-refractivity contribution in [1.29, 1.82) is 0 Å². The Hall–Kier alpha value is -2.33. The van der Waals surface area contributed by atoms with Crippen LogP contribution in [0.3, 0.4) is 0 Å². The molecule has 172 valence electrons. The van der Waals surface area contributed by atoms with Gasteiger partial charge in [-0.2, -0.15) is 0 Å². The molecule has 0 saturated carbocycles. The zero-order valence-electron chi connectivity index (χ0n) is 19.9. The van der Waals surface area contributed by atoms with Gasteiger partial charge in [0.1, 0.15) is 11.4 Å². The van der Waals surface area contributed by atoms with E-state index in [2.05, 4.69) is 65.0 Å². The zero-order chi connectivity index (χ0) is 23.1. The van der Waals surface area contributed by atoms with Crippen molar-refractivity contribution in [2.75, 3.05) is 0 Å². The third-order valence-electron chi connectivity index (χ3n) is 7.77. The molecule has 0 aromatic heterocycles. The number of hydrogen-bond donors (Lipinski definition) is 1. The molecule has 1 fully saturated rings. The molecular formula is C28H36O4. The van der Waals surface area contributed by atoms with Crippen LogP contribution in [0, 0.1) is 11.8 Å². The molecule has 0 aliphatic carbocycles. The van der Waals surface area contributed by atoms with Crippen LogP contribution >= 0.6 is 0 Å². The van der Waals surface area contributed by atoms with Crippen molar-refractivity contribution in [1.82, 2.24) is 0 Å². The van der Waals surface area contributed by atoms with E-state index in [-0.39, 0.29) is 23.5 Å². The minimum Gasteiger partial charge on any atom is -0.487 e. The number of carbonyl (C=O) groups is 1. The summed E-state index contributed by atoms with van der Waals surface area (Å²) in [6, 6.07) is 16.7. The minimum absolute atomic E-state index is 0.0101. The van der Waals surface area contributed by atoms with Crippen LogP contribution in [0.2, 0.25) is 0 Å². The molecule has 0 radical (unpaired) electrons. The summed E-state index contributed by atoms with van der Waals surface area (Å²) in [4.78, 5) is 12.2.